The van der Waals surface area contributed by atoms with Gasteiger partial charge in [0.25, 0.3) is 0 Å². The van der Waals surface area contributed by atoms with E-state index in [2.05, 4.69) is 10.1 Å². The summed E-state index contributed by atoms with van der Waals surface area (Å²) in [6.45, 7) is 5.22. The highest BCUT2D eigenvalue weighted by atomic mass is 32.1. The van der Waals surface area contributed by atoms with Crippen molar-refractivity contribution in [3.05, 3.63) is 33.6 Å². The van der Waals surface area contributed by atoms with Crippen molar-refractivity contribution in [3.63, 3.8) is 0 Å². The molecule has 0 aliphatic carbocycles. The number of ether oxygens (including phenoxy) is 1. The summed E-state index contributed by atoms with van der Waals surface area (Å²) in [5, 5.41) is 3.76. The van der Waals surface area contributed by atoms with E-state index in [0.717, 1.165) is 15.3 Å². The largest absolute Gasteiger partial charge is 0.366 e. The molecule has 1 atom stereocenters. The Morgan fingerprint density at radius 1 is 1.38 bits per heavy atom. The van der Waals surface area contributed by atoms with Crippen molar-refractivity contribution in [2.45, 2.75) is 32.8 Å². The van der Waals surface area contributed by atoms with Gasteiger partial charge in [-0.3, -0.25) is 9.59 Å². The van der Waals surface area contributed by atoms with Gasteiger partial charge in [-0.1, -0.05) is 5.16 Å². The van der Waals surface area contributed by atoms with Crippen molar-refractivity contribution < 1.29 is 18.8 Å². The third kappa shape index (κ3) is 3.70. The van der Waals surface area contributed by atoms with Gasteiger partial charge in [0.05, 0.1) is 13.2 Å². The number of rotatable bonds is 5. The lowest BCUT2D eigenvalue weighted by atomic mass is 10.1. The highest BCUT2D eigenvalue weighted by molar-refractivity contribution is 7.12. The average molecular weight is 349 g/mol. The summed E-state index contributed by atoms with van der Waals surface area (Å²) in [7, 11) is 0. The van der Waals surface area contributed by atoms with Crippen LogP contribution in [0.25, 0.3) is 0 Å². The number of carbonyl (C=O) groups is 2. The van der Waals surface area contributed by atoms with E-state index in [1.165, 1.54) is 6.39 Å². The molecule has 128 valence electrons. The van der Waals surface area contributed by atoms with E-state index in [4.69, 9.17) is 9.26 Å². The highest BCUT2D eigenvalue weighted by Gasteiger charge is 2.28. The summed E-state index contributed by atoms with van der Waals surface area (Å²) in [4.78, 5) is 32.5. The summed E-state index contributed by atoms with van der Waals surface area (Å²) in [5.74, 6) is 0.408. The van der Waals surface area contributed by atoms with E-state index in [1.807, 2.05) is 19.9 Å². The van der Waals surface area contributed by atoms with Crippen molar-refractivity contribution in [2.75, 3.05) is 19.7 Å². The van der Waals surface area contributed by atoms with Crippen LogP contribution in [0.1, 0.15) is 44.9 Å². The fourth-order valence-corrected chi connectivity index (χ4v) is 3.72. The quantitative estimate of drug-likeness (QED) is 0.770. The molecule has 0 saturated carbocycles. The molecule has 3 heterocycles. The van der Waals surface area contributed by atoms with Crippen LogP contribution in [-0.4, -0.2) is 46.4 Å². The smallest absolute Gasteiger partial charge is 0.223 e. The van der Waals surface area contributed by atoms with Crippen LogP contribution in [-0.2, 0) is 9.53 Å². The molecule has 0 spiro atoms. The monoisotopic (exact) mass is 349 g/mol. The maximum Gasteiger partial charge on any atom is 0.223 e. The number of carbonyl (C=O) groups excluding carboxylic acids is 2. The molecule has 2 aromatic rings. The molecule has 0 N–H and O–H groups in total. The lowest BCUT2D eigenvalue weighted by Gasteiger charge is -2.31. The van der Waals surface area contributed by atoms with Gasteiger partial charge in [-0.25, -0.2) is 0 Å². The Balaban J connectivity index is 1.55. The van der Waals surface area contributed by atoms with Crippen LogP contribution in [0.3, 0.4) is 0 Å². The third-order valence-corrected chi connectivity index (χ3v) is 4.96. The second-order valence-corrected chi connectivity index (χ2v) is 7.20. The first kappa shape index (κ1) is 16.8. The molecule has 0 radical (unpaired) electrons. The standard InChI is InChI=1S/C16H19N3O4S/c1-10-7-12(11(2)24-10)13(20)3-4-15(21)19-5-6-22-14(8-19)16-17-9-23-18-16/h7,9,14H,3-6,8H2,1-2H3. The van der Waals surface area contributed by atoms with E-state index in [0.29, 0.717) is 25.5 Å². The summed E-state index contributed by atoms with van der Waals surface area (Å²) < 4.78 is 10.3. The second-order valence-electron chi connectivity index (χ2n) is 5.74. The van der Waals surface area contributed by atoms with Crippen LogP contribution in [0.2, 0.25) is 0 Å². The fraction of sp³-hybridized carbons (Fsp3) is 0.500. The van der Waals surface area contributed by atoms with Gasteiger partial charge in [0.2, 0.25) is 18.1 Å². The van der Waals surface area contributed by atoms with Gasteiger partial charge in [-0.2, -0.15) is 4.98 Å². The summed E-state index contributed by atoms with van der Waals surface area (Å²) in [6, 6.07) is 1.90. The van der Waals surface area contributed by atoms with Gasteiger partial charge in [0.1, 0.15) is 6.10 Å². The van der Waals surface area contributed by atoms with Crippen molar-refractivity contribution in [1.29, 1.82) is 0 Å². The molecule has 8 heteroatoms. The molecule has 1 aliphatic rings. The predicted octanol–water partition coefficient (Wildman–Crippen LogP) is 2.31. The van der Waals surface area contributed by atoms with E-state index in [-0.39, 0.29) is 30.6 Å². The molecule has 1 saturated heterocycles. The van der Waals surface area contributed by atoms with Crippen LogP contribution in [0.5, 0.6) is 0 Å². The maximum atomic E-state index is 12.4. The summed E-state index contributed by atoms with van der Waals surface area (Å²) >= 11 is 1.60. The number of hydrogen-bond acceptors (Lipinski definition) is 7. The van der Waals surface area contributed by atoms with Crippen molar-refractivity contribution >= 4 is 23.0 Å². The molecule has 1 fully saturated rings. The Hall–Kier alpha value is -2.06. The second kappa shape index (κ2) is 7.23. The van der Waals surface area contributed by atoms with E-state index >= 15 is 0 Å². The third-order valence-electron chi connectivity index (χ3n) is 3.99. The molecule has 1 aliphatic heterocycles. The number of Topliss-reactive ketones (excluding diaryl/α,β-unsaturated/α-hetero) is 1. The van der Waals surface area contributed by atoms with Gasteiger partial charge in [0.15, 0.2) is 5.78 Å². The number of morpholine rings is 1. The molecule has 7 nitrogen and oxygen atoms in total. The Kier molecular flexibility index (Phi) is 5.06. The number of hydrogen-bond donors (Lipinski definition) is 0. The molecule has 3 rings (SSSR count). The molecule has 1 unspecified atom stereocenters. The number of amides is 1. The van der Waals surface area contributed by atoms with Crippen LogP contribution < -0.4 is 0 Å². The minimum Gasteiger partial charge on any atom is -0.366 e. The Morgan fingerprint density at radius 3 is 2.88 bits per heavy atom. The van der Waals surface area contributed by atoms with Crippen LogP contribution in [0.15, 0.2) is 17.0 Å². The van der Waals surface area contributed by atoms with Crippen LogP contribution >= 0.6 is 11.3 Å². The molecule has 0 bridgehead atoms. The van der Waals surface area contributed by atoms with Crippen molar-refractivity contribution in [3.8, 4) is 0 Å². The van der Waals surface area contributed by atoms with Gasteiger partial charge < -0.3 is 14.2 Å². The Bertz CT molecular complexity index is 726. The summed E-state index contributed by atoms with van der Waals surface area (Å²) in [5.41, 5.74) is 0.733. The first-order valence-corrected chi connectivity index (χ1v) is 8.62. The van der Waals surface area contributed by atoms with E-state index in [9.17, 15) is 9.59 Å². The molecule has 1 amide bonds. The van der Waals surface area contributed by atoms with E-state index < -0.39 is 0 Å². The van der Waals surface area contributed by atoms with Crippen LogP contribution in [0, 0.1) is 13.8 Å². The minimum atomic E-state index is -0.376. The van der Waals surface area contributed by atoms with Gasteiger partial charge >= 0.3 is 0 Å². The number of nitrogens with zero attached hydrogens (tertiary/aromatic N) is 3. The molecular formula is C16H19N3O4S. The van der Waals surface area contributed by atoms with Crippen molar-refractivity contribution in [1.82, 2.24) is 15.0 Å². The maximum absolute atomic E-state index is 12.4. The SMILES string of the molecule is Cc1cc(C(=O)CCC(=O)N2CCOC(c3ncon3)C2)c(C)s1. The number of aryl methyl sites for hydroxylation is 2. The number of aromatic nitrogens is 2. The van der Waals surface area contributed by atoms with Gasteiger partial charge in [0, 0.05) is 34.7 Å². The van der Waals surface area contributed by atoms with Crippen LogP contribution in [0.4, 0.5) is 0 Å². The average Bonchev–Trinajstić information content (AvgIpc) is 3.22. The minimum absolute atomic E-state index is 0.0215. The fourth-order valence-electron chi connectivity index (χ4n) is 2.77. The van der Waals surface area contributed by atoms with Gasteiger partial charge in [-0.15, -0.1) is 11.3 Å². The zero-order valence-corrected chi connectivity index (χ0v) is 14.5. The Labute approximate surface area is 143 Å². The van der Waals surface area contributed by atoms with E-state index in [1.54, 1.807) is 16.2 Å². The zero-order chi connectivity index (χ0) is 17.1. The lowest BCUT2D eigenvalue weighted by molar-refractivity contribution is -0.139. The molecular weight excluding hydrogens is 330 g/mol. The molecule has 0 aromatic carbocycles. The lowest BCUT2D eigenvalue weighted by Crippen LogP contribution is -2.42. The summed E-state index contributed by atoms with van der Waals surface area (Å²) in [6.07, 6.45) is 1.29. The zero-order valence-electron chi connectivity index (χ0n) is 13.7. The first-order chi connectivity index (χ1) is 11.5. The van der Waals surface area contributed by atoms with Crippen molar-refractivity contribution in [2.24, 2.45) is 0 Å². The number of thiophene rings is 1. The topological polar surface area (TPSA) is 85.5 Å². The number of ketones is 1. The predicted molar refractivity (Wildman–Crippen MR) is 86.9 cm³/mol. The highest BCUT2D eigenvalue weighted by Crippen LogP contribution is 2.23. The van der Waals surface area contributed by atoms with Gasteiger partial charge in [-0.05, 0) is 19.9 Å². The Morgan fingerprint density at radius 2 is 2.21 bits per heavy atom. The normalized spacial score (nSPS) is 17.9. The molecule has 24 heavy (non-hydrogen) atoms. The first-order valence-electron chi connectivity index (χ1n) is 7.80. The molecule has 2 aromatic heterocycles.